The molecule has 138 valence electrons. The van der Waals surface area contributed by atoms with Gasteiger partial charge in [-0.05, 0) is 31.2 Å². The summed E-state index contributed by atoms with van der Waals surface area (Å²) < 4.78 is 1.70. The van der Waals surface area contributed by atoms with Crippen LogP contribution in [0.25, 0.3) is 16.6 Å². The van der Waals surface area contributed by atoms with Gasteiger partial charge in [0, 0.05) is 37.1 Å². The van der Waals surface area contributed by atoms with E-state index in [1.165, 1.54) is 0 Å². The van der Waals surface area contributed by atoms with Crippen molar-refractivity contribution in [2.24, 2.45) is 5.92 Å². The standard InChI is InChI=1S/C17H18N6O.2ClH/c1-11-16(17(24)20-10-12-8-18-9-12)21-22-23(11)15-6-2-5-14-13(15)4-3-7-19-14;;/h2-7,12,18H,8-10H2,1H3,(H,20,24);2*1H. The van der Waals surface area contributed by atoms with Gasteiger partial charge in [0.15, 0.2) is 5.69 Å². The zero-order chi connectivity index (χ0) is 16.5. The number of amides is 1. The maximum atomic E-state index is 12.4. The van der Waals surface area contributed by atoms with Gasteiger partial charge in [-0.1, -0.05) is 11.3 Å². The molecule has 3 heterocycles. The number of benzene rings is 1. The molecule has 4 rings (SSSR count). The van der Waals surface area contributed by atoms with Crippen molar-refractivity contribution < 1.29 is 4.79 Å². The van der Waals surface area contributed by atoms with E-state index in [0.29, 0.717) is 18.2 Å². The van der Waals surface area contributed by atoms with E-state index in [1.54, 1.807) is 10.9 Å². The minimum absolute atomic E-state index is 0. The normalized spacial score (nSPS) is 13.4. The molecule has 1 aliphatic heterocycles. The Morgan fingerprint density at radius 2 is 2.08 bits per heavy atom. The number of halogens is 2. The van der Waals surface area contributed by atoms with Gasteiger partial charge in [0.05, 0.1) is 16.9 Å². The highest BCUT2D eigenvalue weighted by molar-refractivity contribution is 5.94. The molecular weight excluding hydrogens is 375 g/mol. The fourth-order valence-corrected chi connectivity index (χ4v) is 2.85. The van der Waals surface area contributed by atoms with E-state index < -0.39 is 0 Å². The van der Waals surface area contributed by atoms with Crippen LogP contribution in [0, 0.1) is 12.8 Å². The van der Waals surface area contributed by atoms with E-state index >= 15 is 0 Å². The Morgan fingerprint density at radius 1 is 1.27 bits per heavy atom. The number of nitrogens with zero attached hydrogens (tertiary/aromatic N) is 4. The number of fused-ring (bicyclic) bond motifs is 1. The van der Waals surface area contributed by atoms with E-state index in [9.17, 15) is 4.79 Å². The van der Waals surface area contributed by atoms with Crippen LogP contribution >= 0.6 is 24.8 Å². The van der Waals surface area contributed by atoms with Gasteiger partial charge in [-0.25, -0.2) is 4.68 Å². The van der Waals surface area contributed by atoms with Crippen molar-refractivity contribution in [3.8, 4) is 5.69 Å². The molecule has 2 aromatic heterocycles. The zero-order valence-electron chi connectivity index (χ0n) is 14.2. The zero-order valence-corrected chi connectivity index (χ0v) is 15.8. The lowest BCUT2D eigenvalue weighted by atomic mass is 10.0. The second-order valence-corrected chi connectivity index (χ2v) is 6.02. The summed E-state index contributed by atoms with van der Waals surface area (Å²) >= 11 is 0. The molecule has 26 heavy (non-hydrogen) atoms. The Hall–Kier alpha value is -2.22. The van der Waals surface area contributed by atoms with Crippen molar-refractivity contribution in [2.45, 2.75) is 6.92 Å². The van der Waals surface area contributed by atoms with E-state index in [-0.39, 0.29) is 30.7 Å². The molecule has 7 nitrogen and oxygen atoms in total. The van der Waals surface area contributed by atoms with Crippen molar-refractivity contribution in [3.05, 3.63) is 47.9 Å². The molecule has 1 aromatic carbocycles. The van der Waals surface area contributed by atoms with Gasteiger partial charge in [0.2, 0.25) is 0 Å². The third-order valence-electron chi connectivity index (χ3n) is 4.38. The number of hydrogen-bond donors (Lipinski definition) is 2. The van der Waals surface area contributed by atoms with Crippen LogP contribution < -0.4 is 10.6 Å². The predicted octanol–water partition coefficient (Wildman–Crippen LogP) is 1.92. The molecule has 0 bridgehead atoms. The SMILES string of the molecule is Cc1c(C(=O)NCC2CNC2)nnn1-c1cccc2ncccc12.Cl.Cl. The minimum Gasteiger partial charge on any atom is -0.350 e. The monoisotopic (exact) mass is 394 g/mol. The summed E-state index contributed by atoms with van der Waals surface area (Å²) in [6, 6.07) is 9.70. The molecule has 0 atom stereocenters. The van der Waals surface area contributed by atoms with Gasteiger partial charge in [-0.3, -0.25) is 9.78 Å². The maximum absolute atomic E-state index is 12.4. The summed E-state index contributed by atoms with van der Waals surface area (Å²) in [5, 5.41) is 15.4. The lowest BCUT2D eigenvalue weighted by Crippen LogP contribution is -2.48. The number of carbonyl (C=O) groups is 1. The van der Waals surface area contributed by atoms with E-state index in [0.717, 1.165) is 35.4 Å². The average Bonchev–Trinajstić information content (AvgIpc) is 2.94. The molecule has 2 N–H and O–H groups in total. The van der Waals surface area contributed by atoms with Crippen LogP contribution in [-0.2, 0) is 0 Å². The second-order valence-electron chi connectivity index (χ2n) is 6.02. The first-order chi connectivity index (χ1) is 11.7. The van der Waals surface area contributed by atoms with Crippen molar-refractivity contribution in [2.75, 3.05) is 19.6 Å². The second kappa shape index (κ2) is 8.44. The van der Waals surface area contributed by atoms with Crippen LogP contribution in [0.2, 0.25) is 0 Å². The lowest BCUT2D eigenvalue weighted by molar-refractivity contribution is 0.0936. The number of hydrogen-bond acceptors (Lipinski definition) is 5. The fourth-order valence-electron chi connectivity index (χ4n) is 2.85. The Bertz CT molecular complexity index is 904. The summed E-state index contributed by atoms with van der Waals surface area (Å²) in [4.78, 5) is 16.7. The Kier molecular flexibility index (Phi) is 6.52. The van der Waals surface area contributed by atoms with E-state index in [4.69, 9.17) is 0 Å². The number of nitrogens with one attached hydrogen (secondary N) is 2. The topological polar surface area (TPSA) is 84.7 Å². The van der Waals surface area contributed by atoms with Gasteiger partial charge < -0.3 is 10.6 Å². The number of rotatable bonds is 4. The lowest BCUT2D eigenvalue weighted by Gasteiger charge is -2.26. The van der Waals surface area contributed by atoms with Crippen LogP contribution in [0.4, 0.5) is 0 Å². The summed E-state index contributed by atoms with van der Waals surface area (Å²) in [6.07, 6.45) is 1.76. The van der Waals surface area contributed by atoms with Gasteiger partial charge in [0.25, 0.3) is 5.91 Å². The van der Waals surface area contributed by atoms with E-state index in [2.05, 4.69) is 25.9 Å². The molecule has 0 spiro atoms. The van der Waals surface area contributed by atoms with Crippen LogP contribution in [0.3, 0.4) is 0 Å². The van der Waals surface area contributed by atoms with Crippen LogP contribution in [0.5, 0.6) is 0 Å². The summed E-state index contributed by atoms with van der Waals surface area (Å²) in [5.74, 6) is 0.331. The third-order valence-corrected chi connectivity index (χ3v) is 4.38. The van der Waals surface area contributed by atoms with Gasteiger partial charge in [-0.2, -0.15) is 0 Å². The van der Waals surface area contributed by atoms with Gasteiger partial charge in [0.1, 0.15) is 0 Å². The molecular formula is C17H20Cl2N6O. The predicted molar refractivity (Wildman–Crippen MR) is 105 cm³/mol. The third kappa shape index (κ3) is 3.65. The van der Waals surface area contributed by atoms with Crippen LogP contribution in [-0.4, -0.2) is 45.5 Å². The summed E-state index contributed by atoms with van der Waals surface area (Å²) in [5.41, 5.74) is 2.83. The number of aromatic nitrogens is 4. The quantitative estimate of drug-likeness (QED) is 0.705. The minimum atomic E-state index is -0.177. The van der Waals surface area contributed by atoms with Crippen molar-refractivity contribution in [1.82, 2.24) is 30.6 Å². The molecule has 0 saturated carbocycles. The molecule has 1 saturated heterocycles. The highest BCUT2D eigenvalue weighted by atomic mass is 35.5. The highest BCUT2D eigenvalue weighted by Gasteiger charge is 2.21. The van der Waals surface area contributed by atoms with Crippen molar-refractivity contribution in [3.63, 3.8) is 0 Å². The van der Waals surface area contributed by atoms with E-state index in [1.807, 2.05) is 37.3 Å². The molecule has 0 unspecified atom stereocenters. The maximum Gasteiger partial charge on any atom is 0.273 e. The van der Waals surface area contributed by atoms with Crippen molar-refractivity contribution in [1.29, 1.82) is 0 Å². The molecule has 0 radical (unpaired) electrons. The largest absolute Gasteiger partial charge is 0.350 e. The molecule has 3 aromatic rings. The average molecular weight is 395 g/mol. The highest BCUT2D eigenvalue weighted by Crippen LogP contribution is 2.21. The van der Waals surface area contributed by atoms with Gasteiger partial charge >= 0.3 is 0 Å². The Labute approximate surface area is 163 Å². The molecule has 1 amide bonds. The fraction of sp³-hybridized carbons (Fsp3) is 0.294. The number of pyridine rings is 1. The molecule has 9 heteroatoms. The first-order valence-electron chi connectivity index (χ1n) is 7.99. The Morgan fingerprint density at radius 3 is 2.81 bits per heavy atom. The smallest absolute Gasteiger partial charge is 0.273 e. The van der Waals surface area contributed by atoms with Crippen LogP contribution in [0.15, 0.2) is 36.5 Å². The Balaban J connectivity index is 0.00000121. The molecule has 1 fully saturated rings. The van der Waals surface area contributed by atoms with Gasteiger partial charge in [-0.15, -0.1) is 29.9 Å². The summed E-state index contributed by atoms with van der Waals surface area (Å²) in [6.45, 7) is 4.43. The van der Waals surface area contributed by atoms with Crippen molar-refractivity contribution >= 4 is 41.6 Å². The number of carbonyl (C=O) groups excluding carboxylic acids is 1. The summed E-state index contributed by atoms with van der Waals surface area (Å²) in [7, 11) is 0. The first-order valence-corrected chi connectivity index (χ1v) is 7.99. The molecule has 0 aliphatic carbocycles. The molecule has 1 aliphatic rings. The first kappa shape index (κ1) is 20.1. The van der Waals surface area contributed by atoms with Crippen LogP contribution in [0.1, 0.15) is 16.2 Å².